The number of hydrogen-bond acceptors (Lipinski definition) is 5. The molecule has 0 atom stereocenters. The summed E-state index contributed by atoms with van der Waals surface area (Å²) in [5, 5.41) is 13.7. The van der Waals surface area contributed by atoms with Crippen LogP contribution in [0.1, 0.15) is 27.2 Å². The van der Waals surface area contributed by atoms with Gasteiger partial charge in [0.1, 0.15) is 0 Å². The van der Waals surface area contributed by atoms with Crippen LogP contribution < -0.4 is 10.6 Å². The maximum Gasteiger partial charge on any atom is 0.322 e. The van der Waals surface area contributed by atoms with Crippen molar-refractivity contribution in [1.29, 1.82) is 0 Å². The predicted octanol–water partition coefficient (Wildman–Crippen LogP) is 2.21. The number of nitrogens with one attached hydrogen (secondary N) is 3. The van der Waals surface area contributed by atoms with Crippen LogP contribution in [0, 0.1) is 0 Å². The normalized spacial score (nSPS) is 13.1. The molecule has 3 amide bonds. The third-order valence-corrected chi connectivity index (χ3v) is 5.68. The molecule has 1 aromatic carbocycles. The zero-order valence-corrected chi connectivity index (χ0v) is 17.5. The number of H-pyrrole nitrogens is 1. The van der Waals surface area contributed by atoms with E-state index < -0.39 is 0 Å². The van der Waals surface area contributed by atoms with Gasteiger partial charge in [-0.25, -0.2) is 14.8 Å². The number of fused-ring (bicyclic) bond motifs is 3. The van der Waals surface area contributed by atoms with Crippen LogP contribution >= 0.6 is 0 Å². The first kappa shape index (κ1) is 19.7. The van der Waals surface area contributed by atoms with Crippen molar-refractivity contribution in [3.63, 3.8) is 0 Å². The number of aryl methyl sites for hydroxylation is 1. The number of anilines is 1. The molecule has 4 heterocycles. The van der Waals surface area contributed by atoms with Gasteiger partial charge in [0.2, 0.25) is 0 Å². The van der Waals surface area contributed by atoms with Crippen LogP contribution in [0.2, 0.25) is 0 Å². The molecule has 10 nitrogen and oxygen atoms in total. The van der Waals surface area contributed by atoms with Gasteiger partial charge in [0.05, 0.1) is 24.8 Å². The predicted molar refractivity (Wildman–Crippen MR) is 118 cm³/mol. The van der Waals surface area contributed by atoms with E-state index in [1.54, 1.807) is 54.1 Å². The van der Waals surface area contributed by atoms with E-state index in [1.807, 2.05) is 11.6 Å². The van der Waals surface area contributed by atoms with E-state index in [4.69, 9.17) is 0 Å². The van der Waals surface area contributed by atoms with Gasteiger partial charge in [-0.3, -0.25) is 9.89 Å². The summed E-state index contributed by atoms with van der Waals surface area (Å²) in [5.41, 5.74) is 4.90. The lowest BCUT2D eigenvalue weighted by molar-refractivity contribution is 0.0950. The Labute approximate surface area is 183 Å². The molecule has 4 aromatic rings. The van der Waals surface area contributed by atoms with Crippen LogP contribution in [-0.2, 0) is 26.6 Å². The fraction of sp³-hybridized carbons (Fsp3) is 0.227. The van der Waals surface area contributed by atoms with Crippen LogP contribution in [0.5, 0.6) is 0 Å². The highest BCUT2D eigenvalue weighted by atomic mass is 16.2. The summed E-state index contributed by atoms with van der Waals surface area (Å²) in [5.74, 6) is -0.218. The second kappa shape index (κ2) is 8.14. The van der Waals surface area contributed by atoms with E-state index in [-0.39, 0.29) is 11.9 Å². The van der Waals surface area contributed by atoms with Crippen molar-refractivity contribution >= 4 is 28.7 Å². The van der Waals surface area contributed by atoms with Crippen LogP contribution in [-0.4, -0.2) is 48.1 Å². The number of carbonyl (C=O) groups is 2. The molecule has 0 unspecified atom stereocenters. The lowest BCUT2D eigenvalue weighted by atomic mass is 9.99. The number of pyridine rings is 1. The molecular weight excluding hydrogens is 408 g/mol. The maximum atomic E-state index is 12.9. The van der Waals surface area contributed by atoms with Gasteiger partial charge in [0.25, 0.3) is 5.91 Å². The Morgan fingerprint density at radius 1 is 1.22 bits per heavy atom. The standard InChI is InChI=1S/C22H22N8O2/c1-29-13-23-9-17(29)10-25-21(31)14-3-2-4-16(7-14)27-22(32)30-6-5-18-15(12-30)8-24-20-19(18)11-26-28-20/h2-4,7-9,11,13H,5-6,10,12H2,1H3,(H,25,31)(H,27,32)(H,24,26,28). The molecule has 0 saturated heterocycles. The molecule has 162 valence electrons. The number of nitrogens with zero attached hydrogens (tertiary/aromatic N) is 5. The molecule has 0 saturated carbocycles. The SMILES string of the molecule is Cn1cncc1CNC(=O)c1cccc(NC(=O)N2CCc3c(cnc4[nH]ncc34)C2)c1. The molecule has 1 aliphatic heterocycles. The summed E-state index contributed by atoms with van der Waals surface area (Å²) in [6.07, 6.45) is 7.70. The molecule has 10 heteroatoms. The van der Waals surface area contributed by atoms with Crippen molar-refractivity contribution in [1.82, 2.24) is 34.9 Å². The molecule has 3 N–H and O–H groups in total. The number of carbonyl (C=O) groups excluding carboxylic acids is 2. The van der Waals surface area contributed by atoms with Crippen LogP contribution in [0.25, 0.3) is 11.0 Å². The Morgan fingerprint density at radius 3 is 2.97 bits per heavy atom. The van der Waals surface area contributed by atoms with Crippen LogP contribution in [0.15, 0.2) is 49.2 Å². The summed E-state index contributed by atoms with van der Waals surface area (Å²) in [4.78, 5) is 35.6. The van der Waals surface area contributed by atoms with Gasteiger partial charge < -0.3 is 20.1 Å². The largest absolute Gasteiger partial charge is 0.346 e. The van der Waals surface area contributed by atoms with Crippen LogP contribution in [0.3, 0.4) is 0 Å². The molecule has 1 aliphatic rings. The molecule has 5 rings (SSSR count). The molecular formula is C22H22N8O2. The number of rotatable bonds is 4. The van der Waals surface area contributed by atoms with Gasteiger partial charge in [-0.15, -0.1) is 0 Å². The number of urea groups is 1. The quantitative estimate of drug-likeness (QED) is 0.458. The monoisotopic (exact) mass is 430 g/mol. The molecule has 32 heavy (non-hydrogen) atoms. The summed E-state index contributed by atoms with van der Waals surface area (Å²) >= 11 is 0. The second-order valence-electron chi connectivity index (χ2n) is 7.76. The number of imidazole rings is 1. The molecule has 0 radical (unpaired) electrons. The summed E-state index contributed by atoms with van der Waals surface area (Å²) in [6.45, 7) is 1.44. The summed E-state index contributed by atoms with van der Waals surface area (Å²) in [7, 11) is 1.87. The highest BCUT2D eigenvalue weighted by Crippen LogP contribution is 2.25. The molecule has 3 aromatic heterocycles. The highest BCUT2D eigenvalue weighted by molar-refractivity contribution is 5.97. The Hall–Kier alpha value is -4.21. The van der Waals surface area contributed by atoms with Gasteiger partial charge in [-0.2, -0.15) is 5.10 Å². The minimum Gasteiger partial charge on any atom is -0.346 e. The zero-order chi connectivity index (χ0) is 22.1. The number of aromatic amines is 1. The first-order valence-electron chi connectivity index (χ1n) is 10.3. The molecule has 0 fully saturated rings. The minimum atomic E-state index is -0.218. The number of benzene rings is 1. The highest BCUT2D eigenvalue weighted by Gasteiger charge is 2.23. The third kappa shape index (κ3) is 3.78. The van der Waals surface area contributed by atoms with Crippen molar-refractivity contribution in [2.45, 2.75) is 19.5 Å². The molecule has 0 spiro atoms. The van der Waals surface area contributed by atoms with Crippen molar-refractivity contribution in [3.05, 3.63) is 71.6 Å². The molecule has 0 bridgehead atoms. The van der Waals surface area contributed by atoms with Gasteiger partial charge >= 0.3 is 6.03 Å². The van der Waals surface area contributed by atoms with Crippen LogP contribution in [0.4, 0.5) is 10.5 Å². The topological polar surface area (TPSA) is 121 Å². The van der Waals surface area contributed by atoms with Crippen molar-refractivity contribution in [3.8, 4) is 0 Å². The maximum absolute atomic E-state index is 12.9. The van der Waals surface area contributed by atoms with E-state index in [2.05, 4.69) is 30.8 Å². The van der Waals surface area contributed by atoms with E-state index >= 15 is 0 Å². The number of hydrogen-bond donors (Lipinski definition) is 3. The zero-order valence-electron chi connectivity index (χ0n) is 17.5. The van der Waals surface area contributed by atoms with Crippen molar-refractivity contribution < 1.29 is 9.59 Å². The van der Waals surface area contributed by atoms with E-state index in [1.165, 1.54) is 5.56 Å². The number of aromatic nitrogens is 5. The Morgan fingerprint density at radius 2 is 2.12 bits per heavy atom. The van der Waals surface area contributed by atoms with Gasteiger partial charge in [-0.1, -0.05) is 6.07 Å². The van der Waals surface area contributed by atoms with E-state index in [9.17, 15) is 9.59 Å². The lowest BCUT2D eigenvalue weighted by Crippen LogP contribution is -2.39. The summed E-state index contributed by atoms with van der Waals surface area (Å²) in [6, 6.07) is 6.69. The third-order valence-electron chi connectivity index (χ3n) is 5.68. The fourth-order valence-corrected chi connectivity index (χ4v) is 3.90. The number of amides is 3. The Kier molecular flexibility index (Phi) is 5.02. The Balaban J connectivity index is 1.24. The van der Waals surface area contributed by atoms with Gasteiger partial charge in [0.15, 0.2) is 5.65 Å². The lowest BCUT2D eigenvalue weighted by Gasteiger charge is -2.29. The average Bonchev–Trinajstić information content (AvgIpc) is 3.46. The first-order chi connectivity index (χ1) is 15.6. The van der Waals surface area contributed by atoms with Gasteiger partial charge in [0, 0.05) is 49.2 Å². The second-order valence-corrected chi connectivity index (χ2v) is 7.76. The Bertz CT molecular complexity index is 1310. The summed E-state index contributed by atoms with van der Waals surface area (Å²) < 4.78 is 1.85. The fourth-order valence-electron chi connectivity index (χ4n) is 3.90. The smallest absolute Gasteiger partial charge is 0.322 e. The van der Waals surface area contributed by atoms with E-state index in [0.717, 1.165) is 28.7 Å². The minimum absolute atomic E-state index is 0.213. The molecule has 0 aliphatic carbocycles. The first-order valence-corrected chi connectivity index (χ1v) is 10.3. The van der Waals surface area contributed by atoms with Gasteiger partial charge in [-0.05, 0) is 35.7 Å². The average molecular weight is 430 g/mol. The van der Waals surface area contributed by atoms with E-state index in [0.29, 0.717) is 30.9 Å². The van der Waals surface area contributed by atoms with Crippen molar-refractivity contribution in [2.24, 2.45) is 7.05 Å². The van der Waals surface area contributed by atoms with Crippen molar-refractivity contribution in [2.75, 3.05) is 11.9 Å².